The van der Waals surface area contributed by atoms with Crippen molar-refractivity contribution in [2.24, 2.45) is 0 Å². The molecule has 18 heavy (non-hydrogen) atoms. The highest BCUT2D eigenvalue weighted by molar-refractivity contribution is 5.88. The predicted octanol–water partition coefficient (Wildman–Crippen LogP) is 3.04. The standard InChI is InChI=1S/C13H12FNO3/c1-8-10(13(16)17)6-9(18-8)7-15-12-5-3-2-4-11(12)14/h2-6,15H,7H2,1H3,(H,16,17). The van der Waals surface area contributed by atoms with Crippen molar-refractivity contribution in [1.29, 1.82) is 0 Å². The number of hydrogen-bond donors (Lipinski definition) is 2. The second kappa shape index (κ2) is 4.91. The molecule has 0 atom stereocenters. The molecule has 0 aliphatic heterocycles. The Hall–Kier alpha value is -2.30. The summed E-state index contributed by atoms with van der Waals surface area (Å²) in [6.07, 6.45) is 0. The number of halogens is 1. The quantitative estimate of drug-likeness (QED) is 0.874. The van der Waals surface area contributed by atoms with Gasteiger partial charge < -0.3 is 14.8 Å². The zero-order valence-electron chi connectivity index (χ0n) is 9.74. The Labute approximate surface area is 103 Å². The summed E-state index contributed by atoms with van der Waals surface area (Å²) in [7, 11) is 0. The number of hydrogen-bond acceptors (Lipinski definition) is 3. The van der Waals surface area contributed by atoms with E-state index in [-0.39, 0.29) is 17.9 Å². The SMILES string of the molecule is Cc1oc(CNc2ccccc2F)cc1C(=O)O. The first-order valence-electron chi connectivity index (χ1n) is 5.39. The van der Waals surface area contributed by atoms with Gasteiger partial charge in [0.15, 0.2) is 0 Å². The fourth-order valence-electron chi connectivity index (χ4n) is 1.63. The van der Waals surface area contributed by atoms with Crippen molar-refractivity contribution in [3.05, 3.63) is 53.2 Å². The summed E-state index contributed by atoms with van der Waals surface area (Å²) < 4.78 is 18.6. The number of carboxylic acids is 1. The third kappa shape index (κ3) is 2.51. The molecular weight excluding hydrogens is 237 g/mol. The molecule has 0 amide bonds. The second-order valence-electron chi connectivity index (χ2n) is 3.82. The Morgan fingerprint density at radius 3 is 2.78 bits per heavy atom. The number of carbonyl (C=O) groups is 1. The zero-order chi connectivity index (χ0) is 13.1. The van der Waals surface area contributed by atoms with Crippen LogP contribution in [0.3, 0.4) is 0 Å². The first-order valence-corrected chi connectivity index (χ1v) is 5.39. The van der Waals surface area contributed by atoms with Gasteiger partial charge >= 0.3 is 5.97 Å². The molecule has 0 aliphatic rings. The van der Waals surface area contributed by atoms with E-state index in [9.17, 15) is 9.18 Å². The molecule has 4 nitrogen and oxygen atoms in total. The van der Waals surface area contributed by atoms with Crippen LogP contribution in [0.2, 0.25) is 0 Å². The monoisotopic (exact) mass is 249 g/mol. The molecule has 2 N–H and O–H groups in total. The maximum Gasteiger partial charge on any atom is 0.339 e. The number of furan rings is 1. The lowest BCUT2D eigenvalue weighted by molar-refractivity contribution is 0.0695. The summed E-state index contributed by atoms with van der Waals surface area (Å²) in [4.78, 5) is 10.8. The number of nitrogens with one attached hydrogen (secondary N) is 1. The highest BCUT2D eigenvalue weighted by Gasteiger charge is 2.13. The Kier molecular flexibility index (Phi) is 3.32. The smallest absolute Gasteiger partial charge is 0.339 e. The van der Waals surface area contributed by atoms with Gasteiger partial charge in [0.25, 0.3) is 0 Å². The number of anilines is 1. The van der Waals surface area contributed by atoms with Crippen molar-refractivity contribution in [3.8, 4) is 0 Å². The van der Waals surface area contributed by atoms with Crippen LogP contribution in [0.4, 0.5) is 10.1 Å². The van der Waals surface area contributed by atoms with E-state index in [1.807, 2.05) is 0 Å². The summed E-state index contributed by atoms with van der Waals surface area (Å²) in [5.74, 6) is -0.603. The Balaban J connectivity index is 2.09. The molecule has 0 saturated carbocycles. The van der Waals surface area contributed by atoms with Crippen molar-refractivity contribution < 1.29 is 18.7 Å². The summed E-state index contributed by atoms with van der Waals surface area (Å²) in [5, 5.41) is 11.7. The Bertz CT molecular complexity index is 577. The van der Waals surface area contributed by atoms with E-state index in [0.29, 0.717) is 17.2 Å². The predicted molar refractivity (Wildman–Crippen MR) is 64.1 cm³/mol. The average molecular weight is 249 g/mol. The molecule has 0 spiro atoms. The van der Waals surface area contributed by atoms with Crippen LogP contribution in [0, 0.1) is 12.7 Å². The summed E-state index contributed by atoms with van der Waals surface area (Å²) in [6, 6.07) is 7.69. The van der Waals surface area contributed by atoms with Crippen LogP contribution in [-0.2, 0) is 6.54 Å². The van der Waals surface area contributed by atoms with Gasteiger partial charge in [-0.05, 0) is 25.1 Å². The topological polar surface area (TPSA) is 62.5 Å². The molecule has 0 aliphatic carbocycles. The maximum atomic E-state index is 13.3. The third-order valence-corrected chi connectivity index (χ3v) is 2.53. The molecule has 1 heterocycles. The van der Waals surface area contributed by atoms with Crippen LogP contribution in [0.15, 0.2) is 34.7 Å². The first-order chi connectivity index (χ1) is 8.58. The van der Waals surface area contributed by atoms with Crippen molar-refractivity contribution in [2.75, 3.05) is 5.32 Å². The Morgan fingerprint density at radius 2 is 2.17 bits per heavy atom. The minimum Gasteiger partial charge on any atom is -0.478 e. The van der Waals surface area contributed by atoms with Crippen molar-refractivity contribution in [3.63, 3.8) is 0 Å². The lowest BCUT2D eigenvalue weighted by atomic mass is 10.2. The van der Waals surface area contributed by atoms with Gasteiger partial charge in [-0.2, -0.15) is 0 Å². The fraction of sp³-hybridized carbons (Fsp3) is 0.154. The van der Waals surface area contributed by atoms with Gasteiger partial charge in [-0.25, -0.2) is 9.18 Å². The lowest BCUT2D eigenvalue weighted by Crippen LogP contribution is -2.00. The van der Waals surface area contributed by atoms with Crippen molar-refractivity contribution >= 4 is 11.7 Å². The summed E-state index contributed by atoms with van der Waals surface area (Å²) in [6.45, 7) is 1.81. The van der Waals surface area contributed by atoms with E-state index < -0.39 is 5.97 Å². The van der Waals surface area contributed by atoms with Gasteiger partial charge in [-0.15, -0.1) is 0 Å². The molecule has 5 heteroatoms. The third-order valence-electron chi connectivity index (χ3n) is 2.53. The van der Waals surface area contributed by atoms with Gasteiger partial charge in [0.1, 0.15) is 22.9 Å². The highest BCUT2D eigenvalue weighted by Crippen LogP contribution is 2.18. The zero-order valence-corrected chi connectivity index (χ0v) is 9.74. The molecule has 0 fully saturated rings. The lowest BCUT2D eigenvalue weighted by Gasteiger charge is -2.04. The number of aryl methyl sites for hydroxylation is 1. The molecule has 1 aromatic heterocycles. The van der Waals surface area contributed by atoms with Crippen LogP contribution >= 0.6 is 0 Å². The fourth-order valence-corrected chi connectivity index (χ4v) is 1.63. The minimum absolute atomic E-state index is 0.125. The van der Waals surface area contributed by atoms with E-state index in [4.69, 9.17) is 9.52 Å². The van der Waals surface area contributed by atoms with Gasteiger partial charge in [0, 0.05) is 0 Å². The van der Waals surface area contributed by atoms with E-state index in [1.54, 1.807) is 25.1 Å². The second-order valence-corrected chi connectivity index (χ2v) is 3.82. The maximum absolute atomic E-state index is 13.3. The summed E-state index contributed by atoms with van der Waals surface area (Å²) in [5.41, 5.74) is 0.476. The normalized spacial score (nSPS) is 10.3. The molecule has 1 aromatic carbocycles. The molecular formula is C13H12FNO3. The number of para-hydroxylation sites is 1. The van der Waals surface area contributed by atoms with E-state index >= 15 is 0 Å². The molecule has 0 radical (unpaired) electrons. The van der Waals surface area contributed by atoms with E-state index in [1.165, 1.54) is 12.1 Å². The van der Waals surface area contributed by atoms with Crippen molar-refractivity contribution in [1.82, 2.24) is 0 Å². The van der Waals surface area contributed by atoms with Crippen LogP contribution in [-0.4, -0.2) is 11.1 Å². The van der Waals surface area contributed by atoms with Gasteiger partial charge in [0.2, 0.25) is 0 Å². The molecule has 0 saturated heterocycles. The molecule has 2 aromatic rings. The van der Waals surface area contributed by atoms with E-state index in [0.717, 1.165) is 0 Å². The van der Waals surface area contributed by atoms with Gasteiger partial charge in [0.05, 0.1) is 12.2 Å². The van der Waals surface area contributed by atoms with E-state index in [2.05, 4.69) is 5.32 Å². The van der Waals surface area contributed by atoms with Crippen molar-refractivity contribution in [2.45, 2.75) is 13.5 Å². The Morgan fingerprint density at radius 1 is 1.44 bits per heavy atom. The average Bonchev–Trinajstić information content (AvgIpc) is 2.70. The molecule has 0 bridgehead atoms. The van der Waals surface area contributed by atoms with Crippen LogP contribution in [0.5, 0.6) is 0 Å². The minimum atomic E-state index is -1.03. The summed E-state index contributed by atoms with van der Waals surface area (Å²) >= 11 is 0. The molecule has 0 unspecified atom stereocenters. The van der Waals surface area contributed by atoms with Gasteiger partial charge in [-0.3, -0.25) is 0 Å². The van der Waals surface area contributed by atoms with Crippen LogP contribution in [0.1, 0.15) is 21.9 Å². The van der Waals surface area contributed by atoms with Crippen LogP contribution < -0.4 is 5.32 Å². The van der Waals surface area contributed by atoms with Gasteiger partial charge in [-0.1, -0.05) is 12.1 Å². The molecule has 94 valence electrons. The largest absolute Gasteiger partial charge is 0.478 e. The number of aromatic carboxylic acids is 1. The van der Waals surface area contributed by atoms with Crippen LogP contribution in [0.25, 0.3) is 0 Å². The first kappa shape index (κ1) is 12.2. The molecule has 2 rings (SSSR count). The highest BCUT2D eigenvalue weighted by atomic mass is 19.1. The number of carboxylic acid groups (broad SMARTS) is 1. The number of benzene rings is 1. The number of rotatable bonds is 4.